The van der Waals surface area contributed by atoms with Gasteiger partial charge in [-0.15, -0.1) is 5.10 Å². The monoisotopic (exact) mass is 218 g/mol. The third-order valence-electron chi connectivity index (χ3n) is 1.99. The number of carboxylic acid groups (broad SMARTS) is 1. The minimum Gasteiger partial charge on any atom is -0.481 e. The van der Waals surface area contributed by atoms with Gasteiger partial charge in [0.05, 0.1) is 13.0 Å². The van der Waals surface area contributed by atoms with Crippen molar-refractivity contribution in [3.63, 3.8) is 0 Å². The van der Waals surface area contributed by atoms with Gasteiger partial charge in [0.2, 0.25) is 0 Å². The van der Waals surface area contributed by atoms with Crippen LogP contribution in [0.1, 0.15) is 6.42 Å². The smallest absolute Gasteiger partial charge is 0.305 e. The van der Waals surface area contributed by atoms with Crippen LogP contribution in [0.3, 0.4) is 0 Å². The Kier molecular flexibility index (Phi) is 2.90. The Hall–Kier alpha value is -2.24. The molecule has 2 heterocycles. The highest BCUT2D eigenvalue weighted by Crippen LogP contribution is 2.09. The van der Waals surface area contributed by atoms with Crippen LogP contribution in [0.25, 0.3) is 11.5 Å². The van der Waals surface area contributed by atoms with Crippen LogP contribution < -0.4 is 0 Å². The lowest BCUT2D eigenvalue weighted by atomic mass is 10.3. The fourth-order valence-corrected chi connectivity index (χ4v) is 1.22. The summed E-state index contributed by atoms with van der Waals surface area (Å²) in [5.41, 5.74) is 0.677. The van der Waals surface area contributed by atoms with Crippen LogP contribution in [-0.2, 0) is 11.3 Å². The number of pyridine rings is 1. The molecule has 0 aliphatic heterocycles. The third kappa shape index (κ3) is 2.41. The molecule has 6 nitrogen and oxygen atoms in total. The Morgan fingerprint density at radius 1 is 1.38 bits per heavy atom. The van der Waals surface area contributed by atoms with Gasteiger partial charge in [0.25, 0.3) is 0 Å². The van der Waals surface area contributed by atoms with Gasteiger partial charge in [0, 0.05) is 6.20 Å². The molecule has 0 aliphatic rings. The summed E-state index contributed by atoms with van der Waals surface area (Å²) in [4.78, 5) is 18.5. The molecule has 0 bridgehead atoms. The first-order valence-electron chi connectivity index (χ1n) is 4.78. The molecule has 6 heteroatoms. The SMILES string of the molecule is O=C(O)CCn1cnc(-c2ccccn2)n1. The fraction of sp³-hybridized carbons (Fsp3) is 0.200. The van der Waals surface area contributed by atoms with Gasteiger partial charge in [-0.05, 0) is 12.1 Å². The molecule has 0 fully saturated rings. The standard InChI is InChI=1S/C10H10N4O2/c15-9(16)4-6-14-7-12-10(13-14)8-3-1-2-5-11-8/h1-3,5,7H,4,6H2,(H,15,16). The van der Waals surface area contributed by atoms with Crippen molar-refractivity contribution in [1.29, 1.82) is 0 Å². The van der Waals surface area contributed by atoms with E-state index in [1.807, 2.05) is 12.1 Å². The Balaban J connectivity index is 2.11. The number of aryl methyl sites for hydroxylation is 1. The van der Waals surface area contributed by atoms with Gasteiger partial charge in [-0.2, -0.15) is 0 Å². The van der Waals surface area contributed by atoms with E-state index in [2.05, 4.69) is 15.1 Å². The van der Waals surface area contributed by atoms with E-state index >= 15 is 0 Å². The van der Waals surface area contributed by atoms with Crippen molar-refractivity contribution >= 4 is 5.97 Å². The second kappa shape index (κ2) is 4.52. The summed E-state index contributed by atoms with van der Waals surface area (Å²) in [7, 11) is 0. The first-order chi connectivity index (χ1) is 7.75. The van der Waals surface area contributed by atoms with E-state index in [9.17, 15) is 4.79 Å². The van der Waals surface area contributed by atoms with Crippen LogP contribution in [0.2, 0.25) is 0 Å². The van der Waals surface area contributed by atoms with Crippen molar-refractivity contribution in [3.8, 4) is 11.5 Å². The van der Waals surface area contributed by atoms with Crippen molar-refractivity contribution in [1.82, 2.24) is 19.7 Å². The summed E-state index contributed by atoms with van der Waals surface area (Å²) in [6, 6.07) is 5.46. The Bertz CT molecular complexity index is 481. The summed E-state index contributed by atoms with van der Waals surface area (Å²) in [6.07, 6.45) is 3.20. The van der Waals surface area contributed by atoms with Gasteiger partial charge in [0.15, 0.2) is 5.82 Å². The molecule has 0 saturated heterocycles. The molecule has 0 unspecified atom stereocenters. The topological polar surface area (TPSA) is 80.9 Å². The number of aliphatic carboxylic acids is 1. The van der Waals surface area contributed by atoms with Crippen LogP contribution in [0.15, 0.2) is 30.7 Å². The van der Waals surface area contributed by atoms with Gasteiger partial charge >= 0.3 is 5.97 Å². The number of hydrogen-bond acceptors (Lipinski definition) is 4. The van der Waals surface area contributed by atoms with Crippen LogP contribution in [0.5, 0.6) is 0 Å². The van der Waals surface area contributed by atoms with E-state index in [-0.39, 0.29) is 6.42 Å². The molecule has 0 amide bonds. The largest absolute Gasteiger partial charge is 0.481 e. The van der Waals surface area contributed by atoms with Crippen molar-refractivity contribution in [3.05, 3.63) is 30.7 Å². The molecule has 1 N–H and O–H groups in total. The normalized spacial score (nSPS) is 10.2. The maximum absolute atomic E-state index is 10.4. The molecule has 82 valence electrons. The highest BCUT2D eigenvalue weighted by atomic mass is 16.4. The minimum absolute atomic E-state index is 0.0328. The number of hydrogen-bond donors (Lipinski definition) is 1. The fourth-order valence-electron chi connectivity index (χ4n) is 1.22. The molecule has 2 aromatic rings. The van der Waals surface area contributed by atoms with Gasteiger partial charge in [-0.25, -0.2) is 4.98 Å². The van der Waals surface area contributed by atoms with Crippen LogP contribution >= 0.6 is 0 Å². The minimum atomic E-state index is -0.852. The Morgan fingerprint density at radius 2 is 2.25 bits per heavy atom. The van der Waals surface area contributed by atoms with Crippen molar-refractivity contribution in [2.45, 2.75) is 13.0 Å². The molecule has 0 aliphatic carbocycles. The quantitative estimate of drug-likeness (QED) is 0.821. The maximum atomic E-state index is 10.4. The molecule has 2 aromatic heterocycles. The molecule has 2 rings (SSSR count). The van der Waals surface area contributed by atoms with E-state index in [1.165, 1.54) is 11.0 Å². The number of aromatic nitrogens is 4. The zero-order valence-electron chi connectivity index (χ0n) is 8.45. The molecular weight excluding hydrogens is 208 g/mol. The van der Waals surface area contributed by atoms with Gasteiger partial charge in [-0.1, -0.05) is 6.07 Å². The van der Waals surface area contributed by atoms with Gasteiger partial charge in [0.1, 0.15) is 12.0 Å². The number of carbonyl (C=O) groups is 1. The highest BCUT2D eigenvalue weighted by Gasteiger charge is 2.05. The molecule has 0 atom stereocenters. The van der Waals surface area contributed by atoms with E-state index in [4.69, 9.17) is 5.11 Å². The molecule has 0 aromatic carbocycles. The molecule has 16 heavy (non-hydrogen) atoms. The lowest BCUT2D eigenvalue weighted by Crippen LogP contribution is -2.04. The summed E-state index contributed by atoms with van der Waals surface area (Å²) in [6.45, 7) is 0.315. The summed E-state index contributed by atoms with van der Waals surface area (Å²) in [5, 5.41) is 12.7. The maximum Gasteiger partial charge on any atom is 0.305 e. The predicted octanol–water partition coefficient (Wildman–Crippen LogP) is 0.815. The van der Waals surface area contributed by atoms with E-state index in [0.717, 1.165) is 0 Å². The molecule has 0 spiro atoms. The molecular formula is C10H10N4O2. The number of carboxylic acids is 1. The highest BCUT2D eigenvalue weighted by molar-refractivity contribution is 5.66. The van der Waals surface area contributed by atoms with Crippen molar-refractivity contribution in [2.75, 3.05) is 0 Å². The zero-order chi connectivity index (χ0) is 11.4. The summed E-state index contributed by atoms with van der Waals surface area (Å²) >= 11 is 0. The second-order valence-electron chi connectivity index (χ2n) is 3.19. The average molecular weight is 218 g/mol. The number of rotatable bonds is 4. The lowest BCUT2D eigenvalue weighted by molar-refractivity contribution is -0.137. The van der Waals surface area contributed by atoms with E-state index in [1.54, 1.807) is 12.3 Å². The van der Waals surface area contributed by atoms with Crippen LogP contribution in [-0.4, -0.2) is 30.8 Å². The predicted molar refractivity (Wildman–Crippen MR) is 55.5 cm³/mol. The van der Waals surface area contributed by atoms with E-state index in [0.29, 0.717) is 18.1 Å². The van der Waals surface area contributed by atoms with E-state index < -0.39 is 5.97 Å². The second-order valence-corrected chi connectivity index (χ2v) is 3.19. The van der Waals surface area contributed by atoms with Crippen molar-refractivity contribution in [2.24, 2.45) is 0 Å². The van der Waals surface area contributed by atoms with Crippen LogP contribution in [0, 0.1) is 0 Å². The van der Waals surface area contributed by atoms with Gasteiger partial charge in [-0.3, -0.25) is 14.5 Å². The third-order valence-corrected chi connectivity index (χ3v) is 1.99. The molecule has 0 saturated carbocycles. The first-order valence-corrected chi connectivity index (χ1v) is 4.78. The van der Waals surface area contributed by atoms with Crippen LogP contribution in [0.4, 0.5) is 0 Å². The molecule has 0 radical (unpaired) electrons. The Labute approximate surface area is 91.6 Å². The lowest BCUT2D eigenvalue weighted by Gasteiger charge is -1.95. The van der Waals surface area contributed by atoms with Gasteiger partial charge < -0.3 is 5.11 Å². The number of nitrogens with zero attached hydrogens (tertiary/aromatic N) is 4. The van der Waals surface area contributed by atoms with Crippen molar-refractivity contribution < 1.29 is 9.90 Å². The zero-order valence-corrected chi connectivity index (χ0v) is 8.45. The first kappa shape index (κ1) is 10.3. The average Bonchev–Trinajstić information content (AvgIpc) is 2.76. The summed E-state index contributed by atoms with van der Waals surface area (Å²) in [5.74, 6) is -0.346. The summed E-state index contributed by atoms with van der Waals surface area (Å²) < 4.78 is 1.50. The Morgan fingerprint density at radius 3 is 2.94 bits per heavy atom.